The van der Waals surface area contributed by atoms with Crippen LogP contribution >= 0.6 is 0 Å². The topological polar surface area (TPSA) is 55.0 Å². The molecular weight excluding hydrogens is 212 g/mol. The van der Waals surface area contributed by atoms with Crippen LogP contribution in [0.25, 0.3) is 10.9 Å². The van der Waals surface area contributed by atoms with Crippen molar-refractivity contribution in [3.8, 4) is 0 Å². The summed E-state index contributed by atoms with van der Waals surface area (Å²) >= 11 is 0. The van der Waals surface area contributed by atoms with E-state index in [1.54, 1.807) is 0 Å². The van der Waals surface area contributed by atoms with Gasteiger partial charge < -0.3 is 10.6 Å². The lowest BCUT2D eigenvalue weighted by Crippen LogP contribution is -2.29. The Kier molecular flexibility index (Phi) is 3.54. The number of hydrogen-bond acceptors (Lipinski definition) is 4. The molecule has 1 atom stereocenters. The van der Waals surface area contributed by atoms with Gasteiger partial charge in [-0.1, -0.05) is 25.1 Å². The molecule has 2 N–H and O–H groups in total. The lowest BCUT2D eigenvalue weighted by molar-refractivity contribution is 0.585. The lowest BCUT2D eigenvalue weighted by atomic mass is 10.2. The van der Waals surface area contributed by atoms with Crippen molar-refractivity contribution in [1.29, 1.82) is 0 Å². The number of nitrogens with zero attached hydrogens (tertiary/aromatic N) is 3. The highest BCUT2D eigenvalue weighted by molar-refractivity contribution is 5.78. The van der Waals surface area contributed by atoms with E-state index in [4.69, 9.17) is 5.73 Å². The maximum Gasteiger partial charge on any atom is 0.225 e. The molecule has 90 valence electrons. The van der Waals surface area contributed by atoms with Gasteiger partial charge in [0.2, 0.25) is 5.95 Å². The molecule has 0 saturated carbocycles. The van der Waals surface area contributed by atoms with E-state index in [9.17, 15) is 0 Å². The summed E-state index contributed by atoms with van der Waals surface area (Å²) < 4.78 is 0. The highest BCUT2D eigenvalue weighted by Crippen LogP contribution is 2.14. The Morgan fingerprint density at radius 2 is 2.12 bits per heavy atom. The van der Waals surface area contributed by atoms with E-state index >= 15 is 0 Å². The van der Waals surface area contributed by atoms with E-state index < -0.39 is 0 Å². The van der Waals surface area contributed by atoms with Crippen molar-refractivity contribution in [1.82, 2.24) is 9.97 Å². The molecule has 0 fully saturated rings. The summed E-state index contributed by atoms with van der Waals surface area (Å²) in [7, 11) is 2.00. The lowest BCUT2D eigenvalue weighted by Gasteiger charge is -2.20. The number of fused-ring (bicyclic) bond motifs is 1. The summed E-state index contributed by atoms with van der Waals surface area (Å²) in [5.41, 5.74) is 6.60. The van der Waals surface area contributed by atoms with Crippen LogP contribution in [0.4, 0.5) is 5.95 Å². The molecule has 0 saturated heterocycles. The third-order valence-corrected chi connectivity index (χ3v) is 2.81. The smallest absolute Gasteiger partial charge is 0.225 e. The molecule has 17 heavy (non-hydrogen) atoms. The Balaban J connectivity index is 2.23. The van der Waals surface area contributed by atoms with E-state index in [2.05, 4.69) is 16.9 Å². The number of rotatable bonds is 4. The first-order chi connectivity index (χ1) is 8.20. The third-order valence-electron chi connectivity index (χ3n) is 2.81. The number of aromatic nitrogens is 2. The average Bonchev–Trinajstić information content (AvgIpc) is 2.38. The largest absolute Gasteiger partial charge is 0.344 e. The van der Waals surface area contributed by atoms with Crippen LogP contribution in [0.1, 0.15) is 6.92 Å². The molecule has 2 rings (SSSR count). The van der Waals surface area contributed by atoms with Gasteiger partial charge in [0.1, 0.15) is 0 Å². The van der Waals surface area contributed by atoms with Gasteiger partial charge in [0.25, 0.3) is 0 Å². The van der Waals surface area contributed by atoms with Gasteiger partial charge in [0.05, 0.1) is 5.52 Å². The fourth-order valence-electron chi connectivity index (χ4n) is 1.77. The highest BCUT2D eigenvalue weighted by atomic mass is 15.2. The SMILES string of the molecule is CC(CN)CN(C)c1ncc2ccccc2n1. The van der Waals surface area contributed by atoms with Crippen LogP contribution in [0.3, 0.4) is 0 Å². The Morgan fingerprint density at radius 3 is 2.88 bits per heavy atom. The van der Waals surface area contributed by atoms with Gasteiger partial charge in [-0.05, 0) is 18.5 Å². The van der Waals surface area contributed by atoms with Crippen molar-refractivity contribution in [3.05, 3.63) is 30.5 Å². The minimum Gasteiger partial charge on any atom is -0.344 e. The standard InChI is InChI=1S/C13H18N4/c1-10(7-14)9-17(2)13-15-8-11-5-3-4-6-12(11)16-13/h3-6,8,10H,7,9,14H2,1-2H3. The van der Waals surface area contributed by atoms with Crippen molar-refractivity contribution >= 4 is 16.9 Å². The molecule has 1 unspecified atom stereocenters. The van der Waals surface area contributed by atoms with Crippen LogP contribution in [0.15, 0.2) is 30.5 Å². The van der Waals surface area contributed by atoms with E-state index in [-0.39, 0.29) is 0 Å². The number of nitrogens with two attached hydrogens (primary N) is 1. The van der Waals surface area contributed by atoms with Gasteiger partial charge in [-0.25, -0.2) is 9.97 Å². The maximum atomic E-state index is 5.62. The van der Waals surface area contributed by atoms with Gasteiger partial charge in [0, 0.05) is 25.2 Å². The molecule has 2 aromatic rings. The van der Waals surface area contributed by atoms with Crippen LogP contribution in [0.2, 0.25) is 0 Å². The van der Waals surface area contributed by atoms with E-state index in [1.807, 2.05) is 42.4 Å². The number of benzene rings is 1. The summed E-state index contributed by atoms with van der Waals surface area (Å²) in [4.78, 5) is 11.0. The van der Waals surface area contributed by atoms with Crippen LogP contribution in [-0.4, -0.2) is 30.1 Å². The van der Waals surface area contributed by atoms with E-state index in [1.165, 1.54) is 0 Å². The van der Waals surface area contributed by atoms with Gasteiger partial charge in [0.15, 0.2) is 0 Å². The average molecular weight is 230 g/mol. The van der Waals surface area contributed by atoms with Crippen molar-refractivity contribution in [2.45, 2.75) is 6.92 Å². The van der Waals surface area contributed by atoms with Crippen LogP contribution in [0.5, 0.6) is 0 Å². The number of anilines is 1. The second-order valence-corrected chi connectivity index (χ2v) is 4.45. The first kappa shape index (κ1) is 11.8. The van der Waals surface area contributed by atoms with Crippen molar-refractivity contribution in [3.63, 3.8) is 0 Å². The molecule has 0 radical (unpaired) electrons. The molecule has 0 spiro atoms. The predicted molar refractivity (Wildman–Crippen MR) is 71.0 cm³/mol. The summed E-state index contributed by atoms with van der Waals surface area (Å²) in [5.74, 6) is 1.19. The van der Waals surface area contributed by atoms with Crippen molar-refractivity contribution in [2.75, 3.05) is 25.0 Å². The second-order valence-electron chi connectivity index (χ2n) is 4.45. The van der Waals surface area contributed by atoms with E-state index in [0.29, 0.717) is 12.5 Å². The summed E-state index contributed by atoms with van der Waals surface area (Å²) in [6.07, 6.45) is 1.86. The number of para-hydroxylation sites is 1. The molecule has 1 aromatic heterocycles. The predicted octanol–water partition coefficient (Wildman–Crippen LogP) is 1.66. The summed E-state index contributed by atoms with van der Waals surface area (Å²) in [6.45, 7) is 3.67. The molecule has 4 heteroatoms. The van der Waals surface area contributed by atoms with Gasteiger partial charge in [-0.2, -0.15) is 0 Å². The zero-order valence-corrected chi connectivity index (χ0v) is 10.3. The monoisotopic (exact) mass is 230 g/mol. The highest BCUT2D eigenvalue weighted by Gasteiger charge is 2.08. The number of hydrogen-bond donors (Lipinski definition) is 1. The molecule has 0 aliphatic heterocycles. The van der Waals surface area contributed by atoms with Crippen LogP contribution < -0.4 is 10.6 Å². The molecule has 0 aliphatic carbocycles. The fraction of sp³-hybridized carbons (Fsp3) is 0.385. The third kappa shape index (κ3) is 2.71. The fourth-order valence-corrected chi connectivity index (χ4v) is 1.77. The molecule has 0 bridgehead atoms. The molecule has 1 aromatic carbocycles. The normalized spacial score (nSPS) is 12.6. The van der Waals surface area contributed by atoms with Crippen molar-refractivity contribution < 1.29 is 0 Å². The first-order valence-electron chi connectivity index (χ1n) is 5.83. The zero-order chi connectivity index (χ0) is 12.3. The maximum absolute atomic E-state index is 5.62. The van der Waals surface area contributed by atoms with E-state index in [0.717, 1.165) is 23.4 Å². The molecule has 0 aliphatic rings. The Morgan fingerprint density at radius 1 is 1.35 bits per heavy atom. The van der Waals surface area contributed by atoms with Gasteiger partial charge in [-0.3, -0.25) is 0 Å². The van der Waals surface area contributed by atoms with Gasteiger partial charge >= 0.3 is 0 Å². The van der Waals surface area contributed by atoms with Crippen molar-refractivity contribution in [2.24, 2.45) is 11.7 Å². The Labute approximate surface area is 101 Å². The molecule has 1 heterocycles. The zero-order valence-electron chi connectivity index (χ0n) is 10.3. The Bertz CT molecular complexity index is 497. The molecule has 0 amide bonds. The Hall–Kier alpha value is -1.68. The van der Waals surface area contributed by atoms with Crippen LogP contribution in [-0.2, 0) is 0 Å². The van der Waals surface area contributed by atoms with Crippen LogP contribution in [0, 0.1) is 5.92 Å². The minimum absolute atomic E-state index is 0.440. The molecule has 4 nitrogen and oxygen atoms in total. The first-order valence-corrected chi connectivity index (χ1v) is 5.83. The summed E-state index contributed by atoms with van der Waals surface area (Å²) in [6, 6.07) is 8.00. The second kappa shape index (κ2) is 5.10. The quantitative estimate of drug-likeness (QED) is 0.868. The summed E-state index contributed by atoms with van der Waals surface area (Å²) in [5, 5.41) is 1.07. The minimum atomic E-state index is 0.440. The molecular formula is C13H18N4. The van der Waals surface area contributed by atoms with Gasteiger partial charge in [-0.15, -0.1) is 0 Å².